The highest BCUT2D eigenvalue weighted by molar-refractivity contribution is 7.89. The molecule has 0 radical (unpaired) electrons. The first-order chi connectivity index (χ1) is 17.3. The third kappa shape index (κ3) is 4.93. The summed E-state index contributed by atoms with van der Waals surface area (Å²) in [6.45, 7) is 4.07. The lowest BCUT2D eigenvalue weighted by Crippen LogP contribution is -2.30. The number of anilines is 1. The van der Waals surface area contributed by atoms with Gasteiger partial charge in [-0.3, -0.25) is 9.59 Å². The van der Waals surface area contributed by atoms with E-state index in [9.17, 15) is 22.4 Å². The molecule has 0 unspecified atom stereocenters. The molecule has 0 aliphatic carbocycles. The number of halogens is 1. The highest BCUT2D eigenvalue weighted by Gasteiger charge is 2.24. The number of furan rings is 1. The fourth-order valence-electron chi connectivity index (χ4n) is 3.91. The quantitative estimate of drug-likeness (QED) is 0.299. The van der Waals surface area contributed by atoms with Crippen LogP contribution in [0.3, 0.4) is 0 Å². The molecule has 0 saturated carbocycles. The minimum atomic E-state index is -3.63. The van der Waals surface area contributed by atoms with Crippen molar-refractivity contribution >= 4 is 38.2 Å². The largest absolute Gasteiger partial charge is 0.450 e. The fourth-order valence-corrected chi connectivity index (χ4v) is 5.37. The summed E-state index contributed by atoms with van der Waals surface area (Å²) < 4.78 is 45.8. The third-order valence-electron chi connectivity index (χ3n) is 5.85. The molecule has 0 spiro atoms. The van der Waals surface area contributed by atoms with Gasteiger partial charge in [0.25, 0.3) is 0 Å². The number of nitrogens with one attached hydrogen (secondary N) is 1. The summed E-state index contributed by atoms with van der Waals surface area (Å²) in [6, 6.07) is 17.9. The number of hydrogen-bond donors (Lipinski definition) is 1. The first kappa shape index (κ1) is 25.3. The lowest BCUT2D eigenvalue weighted by molar-refractivity contribution is 0.0997. The van der Waals surface area contributed by atoms with Crippen molar-refractivity contribution in [2.75, 3.05) is 25.0 Å². The molecular weight excluding hydrogens is 483 g/mol. The van der Waals surface area contributed by atoms with Crippen LogP contribution < -0.4 is 5.32 Å². The second-order valence-electron chi connectivity index (χ2n) is 8.03. The van der Waals surface area contributed by atoms with Gasteiger partial charge >= 0.3 is 0 Å². The zero-order valence-corrected chi connectivity index (χ0v) is 20.6. The van der Waals surface area contributed by atoms with Gasteiger partial charge in [0.1, 0.15) is 11.4 Å². The minimum absolute atomic E-state index is 0.0104. The Balaban J connectivity index is 1.57. The molecule has 4 rings (SSSR count). The molecule has 0 bridgehead atoms. The molecule has 4 aromatic rings. The Hall–Kier alpha value is -3.82. The average Bonchev–Trinajstić information content (AvgIpc) is 3.26. The van der Waals surface area contributed by atoms with Gasteiger partial charge in [-0.15, -0.1) is 0 Å². The van der Waals surface area contributed by atoms with Crippen LogP contribution in [0, 0.1) is 5.82 Å². The van der Waals surface area contributed by atoms with Crippen molar-refractivity contribution in [2.24, 2.45) is 0 Å². The molecule has 3 aromatic carbocycles. The van der Waals surface area contributed by atoms with Crippen LogP contribution in [0.5, 0.6) is 0 Å². The standard InChI is InChI=1S/C27H25FN2O5S/c1-3-30(4-2)36(33,34)21-15-11-18(12-16-21)23(31)17-29-25-22-7-5-6-8-24(22)35-27(25)26(32)19-9-13-20(28)14-10-19/h5-16,29H,3-4,17H2,1-2H3. The number of rotatable bonds is 10. The lowest BCUT2D eigenvalue weighted by atomic mass is 10.1. The van der Waals surface area contributed by atoms with Crippen LogP contribution in [0.15, 0.2) is 82.1 Å². The average molecular weight is 509 g/mol. The normalized spacial score (nSPS) is 11.7. The number of Topliss-reactive ketones (excluding diaryl/α,β-unsaturated/α-hetero) is 1. The Labute approximate surface area is 208 Å². The molecule has 1 N–H and O–H groups in total. The molecular formula is C27H25FN2O5S. The summed E-state index contributed by atoms with van der Waals surface area (Å²) in [6.07, 6.45) is 0. The van der Waals surface area contributed by atoms with Crippen molar-refractivity contribution < 1.29 is 26.8 Å². The number of benzene rings is 3. The second-order valence-corrected chi connectivity index (χ2v) is 9.97. The molecule has 0 saturated heterocycles. The van der Waals surface area contributed by atoms with Crippen molar-refractivity contribution in [3.8, 4) is 0 Å². The zero-order chi connectivity index (χ0) is 25.9. The van der Waals surface area contributed by atoms with Crippen LogP contribution in [0.25, 0.3) is 11.0 Å². The number of sulfonamides is 1. The second kappa shape index (κ2) is 10.4. The van der Waals surface area contributed by atoms with Crippen LogP contribution in [0.2, 0.25) is 0 Å². The molecule has 0 amide bonds. The van der Waals surface area contributed by atoms with Gasteiger partial charge in [0.05, 0.1) is 17.1 Å². The molecule has 7 nitrogen and oxygen atoms in total. The Kier molecular flexibility index (Phi) is 7.32. The van der Waals surface area contributed by atoms with Gasteiger partial charge in [0, 0.05) is 29.6 Å². The summed E-state index contributed by atoms with van der Waals surface area (Å²) >= 11 is 0. The number of fused-ring (bicyclic) bond motifs is 1. The molecule has 1 heterocycles. The number of nitrogens with zero attached hydrogens (tertiary/aromatic N) is 1. The van der Waals surface area contributed by atoms with E-state index in [0.717, 1.165) is 0 Å². The van der Waals surface area contributed by atoms with E-state index in [0.29, 0.717) is 35.3 Å². The highest BCUT2D eigenvalue weighted by Crippen LogP contribution is 2.32. The molecule has 186 valence electrons. The lowest BCUT2D eigenvalue weighted by Gasteiger charge is -2.18. The maximum absolute atomic E-state index is 13.3. The van der Waals surface area contributed by atoms with Crippen molar-refractivity contribution in [3.63, 3.8) is 0 Å². The van der Waals surface area contributed by atoms with E-state index < -0.39 is 21.6 Å². The van der Waals surface area contributed by atoms with Gasteiger partial charge in [0.2, 0.25) is 15.8 Å². The van der Waals surface area contributed by atoms with E-state index >= 15 is 0 Å². The maximum atomic E-state index is 13.3. The van der Waals surface area contributed by atoms with E-state index in [-0.39, 0.29) is 28.5 Å². The Morgan fingerprint density at radius 1 is 0.889 bits per heavy atom. The van der Waals surface area contributed by atoms with Gasteiger partial charge < -0.3 is 9.73 Å². The molecule has 0 atom stereocenters. The molecule has 0 fully saturated rings. The van der Waals surface area contributed by atoms with Gasteiger partial charge in [-0.05, 0) is 60.7 Å². The predicted molar refractivity (Wildman–Crippen MR) is 135 cm³/mol. The summed E-state index contributed by atoms with van der Waals surface area (Å²) in [5.74, 6) is -1.20. The van der Waals surface area contributed by atoms with Crippen molar-refractivity contribution in [2.45, 2.75) is 18.7 Å². The molecule has 1 aromatic heterocycles. The summed E-state index contributed by atoms with van der Waals surface area (Å²) in [4.78, 5) is 26.1. The fraction of sp³-hybridized carbons (Fsp3) is 0.185. The van der Waals surface area contributed by atoms with E-state index in [1.54, 1.807) is 38.1 Å². The van der Waals surface area contributed by atoms with Crippen LogP contribution in [0.4, 0.5) is 10.1 Å². The van der Waals surface area contributed by atoms with Crippen LogP contribution in [0.1, 0.15) is 40.3 Å². The first-order valence-corrected chi connectivity index (χ1v) is 12.9. The minimum Gasteiger partial charge on any atom is -0.450 e. The van der Waals surface area contributed by atoms with Crippen LogP contribution >= 0.6 is 0 Å². The molecule has 0 aliphatic rings. The van der Waals surface area contributed by atoms with E-state index in [4.69, 9.17) is 4.42 Å². The number of carbonyl (C=O) groups is 2. The zero-order valence-electron chi connectivity index (χ0n) is 19.8. The van der Waals surface area contributed by atoms with Crippen molar-refractivity contribution in [3.05, 3.63) is 95.5 Å². The molecule has 0 aliphatic heterocycles. The monoisotopic (exact) mass is 508 g/mol. The number of carbonyl (C=O) groups excluding carboxylic acids is 2. The van der Waals surface area contributed by atoms with Gasteiger partial charge in [-0.1, -0.05) is 26.0 Å². The smallest absolute Gasteiger partial charge is 0.243 e. The van der Waals surface area contributed by atoms with E-state index in [1.807, 2.05) is 0 Å². The van der Waals surface area contributed by atoms with Gasteiger partial charge in [-0.25, -0.2) is 12.8 Å². The van der Waals surface area contributed by atoms with Gasteiger partial charge in [0.15, 0.2) is 11.5 Å². The Morgan fingerprint density at radius 2 is 1.50 bits per heavy atom. The third-order valence-corrected chi connectivity index (χ3v) is 7.92. The van der Waals surface area contributed by atoms with Gasteiger partial charge in [-0.2, -0.15) is 4.31 Å². The SMILES string of the molecule is CCN(CC)S(=O)(=O)c1ccc(C(=O)CNc2c(C(=O)c3ccc(F)cc3)oc3ccccc23)cc1. The number of para-hydroxylation sites is 1. The van der Waals surface area contributed by atoms with Crippen molar-refractivity contribution in [1.82, 2.24) is 4.31 Å². The summed E-state index contributed by atoms with van der Waals surface area (Å²) in [7, 11) is -3.63. The van der Waals surface area contributed by atoms with Crippen LogP contribution in [-0.2, 0) is 10.0 Å². The Morgan fingerprint density at radius 3 is 2.14 bits per heavy atom. The predicted octanol–water partition coefficient (Wildman–Crippen LogP) is 5.13. The topological polar surface area (TPSA) is 96.7 Å². The summed E-state index contributed by atoms with van der Waals surface area (Å²) in [5.41, 5.74) is 1.38. The first-order valence-electron chi connectivity index (χ1n) is 11.4. The summed E-state index contributed by atoms with van der Waals surface area (Å²) in [5, 5.41) is 3.63. The highest BCUT2D eigenvalue weighted by atomic mass is 32.2. The maximum Gasteiger partial charge on any atom is 0.243 e. The molecule has 36 heavy (non-hydrogen) atoms. The van der Waals surface area contributed by atoms with E-state index in [1.165, 1.54) is 52.8 Å². The van der Waals surface area contributed by atoms with Crippen molar-refractivity contribution in [1.29, 1.82) is 0 Å². The number of hydrogen-bond acceptors (Lipinski definition) is 6. The Bertz CT molecular complexity index is 1510. The number of ketones is 2. The van der Waals surface area contributed by atoms with E-state index in [2.05, 4.69) is 5.32 Å². The van der Waals surface area contributed by atoms with Crippen LogP contribution in [-0.4, -0.2) is 43.9 Å². The molecule has 9 heteroatoms.